The number of fused-ring (bicyclic) bond motifs is 1. The number of Topliss-reactive ketones (excluding diaryl/α,β-unsaturated/α-hetero) is 1. The first-order valence-electron chi connectivity index (χ1n) is 10.6. The van der Waals surface area contributed by atoms with Crippen LogP contribution in [0.5, 0.6) is 5.75 Å². The first-order valence-corrected chi connectivity index (χ1v) is 10.6. The molecule has 0 saturated carbocycles. The third-order valence-electron chi connectivity index (χ3n) is 5.60. The molecule has 1 aromatic heterocycles. The van der Waals surface area contributed by atoms with E-state index in [1.807, 2.05) is 61.5 Å². The standard InChI is InChI=1S/C26H21N3O4/c1-2-33-18-14-12-17(13-15-18)23(30)21-22(16-8-4-3-5-9-16)29(25(32)24(21)31)26-27-19-10-6-7-11-20(19)28-26/h3-15,22,30H,2H2,1H3,(H,27,28)/b23-21+. The lowest BCUT2D eigenvalue weighted by Crippen LogP contribution is -2.30. The molecular formula is C26H21N3O4. The zero-order chi connectivity index (χ0) is 22.9. The molecule has 0 radical (unpaired) electrons. The van der Waals surface area contributed by atoms with Crippen molar-refractivity contribution in [2.45, 2.75) is 13.0 Å². The molecule has 7 heteroatoms. The molecule has 1 saturated heterocycles. The van der Waals surface area contributed by atoms with Crippen molar-refractivity contribution in [1.82, 2.24) is 9.97 Å². The highest BCUT2D eigenvalue weighted by Gasteiger charge is 2.48. The van der Waals surface area contributed by atoms with Crippen LogP contribution in [0.2, 0.25) is 0 Å². The van der Waals surface area contributed by atoms with Gasteiger partial charge in [0.15, 0.2) is 0 Å². The van der Waals surface area contributed by atoms with Crippen LogP contribution < -0.4 is 9.64 Å². The van der Waals surface area contributed by atoms with Gasteiger partial charge in [-0.05, 0) is 48.9 Å². The number of anilines is 1. The van der Waals surface area contributed by atoms with Gasteiger partial charge >= 0.3 is 5.91 Å². The largest absolute Gasteiger partial charge is 0.507 e. The molecule has 2 heterocycles. The average Bonchev–Trinajstić information content (AvgIpc) is 3.38. The summed E-state index contributed by atoms with van der Waals surface area (Å²) >= 11 is 0. The predicted octanol–water partition coefficient (Wildman–Crippen LogP) is 4.59. The number of para-hydroxylation sites is 2. The number of nitrogens with one attached hydrogen (secondary N) is 1. The second-order valence-electron chi connectivity index (χ2n) is 7.61. The molecule has 1 amide bonds. The van der Waals surface area contributed by atoms with Crippen molar-refractivity contribution < 1.29 is 19.4 Å². The molecule has 33 heavy (non-hydrogen) atoms. The maximum Gasteiger partial charge on any atom is 0.302 e. The minimum Gasteiger partial charge on any atom is -0.507 e. The summed E-state index contributed by atoms with van der Waals surface area (Å²) in [5.41, 5.74) is 2.53. The van der Waals surface area contributed by atoms with Gasteiger partial charge in [-0.1, -0.05) is 42.5 Å². The molecule has 2 N–H and O–H groups in total. The minimum atomic E-state index is -0.835. The van der Waals surface area contributed by atoms with Crippen LogP contribution in [0, 0.1) is 0 Å². The summed E-state index contributed by atoms with van der Waals surface area (Å²) in [6.45, 7) is 2.40. The molecule has 1 fully saturated rings. The highest BCUT2D eigenvalue weighted by molar-refractivity contribution is 6.51. The molecule has 5 rings (SSSR count). The van der Waals surface area contributed by atoms with E-state index >= 15 is 0 Å². The van der Waals surface area contributed by atoms with Gasteiger partial charge in [0.2, 0.25) is 5.95 Å². The van der Waals surface area contributed by atoms with E-state index in [1.54, 1.807) is 24.3 Å². The minimum absolute atomic E-state index is 0.0100. The monoisotopic (exact) mass is 439 g/mol. The van der Waals surface area contributed by atoms with E-state index < -0.39 is 17.7 Å². The van der Waals surface area contributed by atoms with Gasteiger partial charge in [0.1, 0.15) is 11.5 Å². The van der Waals surface area contributed by atoms with Crippen LogP contribution >= 0.6 is 0 Å². The Bertz CT molecular complexity index is 1340. The maximum atomic E-state index is 13.2. The molecule has 0 aliphatic carbocycles. The van der Waals surface area contributed by atoms with Crippen LogP contribution in [0.3, 0.4) is 0 Å². The first kappa shape index (κ1) is 20.5. The molecule has 3 aromatic carbocycles. The lowest BCUT2D eigenvalue weighted by Gasteiger charge is -2.23. The van der Waals surface area contributed by atoms with Gasteiger partial charge in [0.25, 0.3) is 5.78 Å². The lowest BCUT2D eigenvalue weighted by atomic mass is 9.95. The van der Waals surface area contributed by atoms with E-state index in [2.05, 4.69) is 9.97 Å². The van der Waals surface area contributed by atoms with Gasteiger partial charge in [-0.25, -0.2) is 4.98 Å². The van der Waals surface area contributed by atoms with Crippen LogP contribution in [0.4, 0.5) is 5.95 Å². The molecule has 4 aromatic rings. The Balaban J connectivity index is 1.67. The number of aromatic nitrogens is 2. The highest BCUT2D eigenvalue weighted by Crippen LogP contribution is 2.41. The van der Waals surface area contributed by atoms with Gasteiger partial charge in [-0.15, -0.1) is 0 Å². The zero-order valence-electron chi connectivity index (χ0n) is 17.9. The predicted molar refractivity (Wildman–Crippen MR) is 125 cm³/mol. The first-order chi connectivity index (χ1) is 16.1. The second kappa shape index (κ2) is 8.27. The van der Waals surface area contributed by atoms with Gasteiger partial charge in [0.05, 0.1) is 29.3 Å². The second-order valence-corrected chi connectivity index (χ2v) is 7.61. The number of hydrogen-bond donors (Lipinski definition) is 2. The number of aromatic amines is 1. The molecular weight excluding hydrogens is 418 g/mol. The van der Waals surface area contributed by atoms with E-state index in [1.165, 1.54) is 4.90 Å². The van der Waals surface area contributed by atoms with E-state index in [9.17, 15) is 14.7 Å². The zero-order valence-corrected chi connectivity index (χ0v) is 17.9. The molecule has 7 nitrogen and oxygen atoms in total. The Labute approximate surface area is 190 Å². The van der Waals surface area contributed by atoms with Crippen LogP contribution in [0.25, 0.3) is 16.8 Å². The molecule has 1 unspecified atom stereocenters. The number of carbonyl (C=O) groups is 2. The van der Waals surface area contributed by atoms with E-state index in [0.29, 0.717) is 29.0 Å². The molecule has 1 aliphatic rings. The van der Waals surface area contributed by atoms with Gasteiger partial charge in [0, 0.05) is 5.56 Å². The summed E-state index contributed by atoms with van der Waals surface area (Å²) in [5, 5.41) is 11.2. The number of benzene rings is 3. The van der Waals surface area contributed by atoms with Crippen molar-refractivity contribution in [2.24, 2.45) is 0 Å². The summed E-state index contributed by atoms with van der Waals surface area (Å²) in [6, 6.07) is 22.4. The van der Waals surface area contributed by atoms with Crippen molar-refractivity contribution >= 4 is 34.4 Å². The SMILES string of the molecule is CCOc1ccc(/C(O)=C2\C(=O)C(=O)N(c3nc4ccccc4[nH]3)C2c2ccccc2)cc1. The summed E-state index contributed by atoms with van der Waals surface area (Å²) in [7, 11) is 0. The molecule has 1 aliphatic heterocycles. The fourth-order valence-electron chi connectivity index (χ4n) is 4.09. The Morgan fingerprint density at radius 2 is 1.70 bits per heavy atom. The number of amides is 1. The van der Waals surface area contributed by atoms with Crippen LogP contribution in [-0.2, 0) is 9.59 Å². The maximum absolute atomic E-state index is 13.2. The fourth-order valence-corrected chi connectivity index (χ4v) is 4.09. The lowest BCUT2D eigenvalue weighted by molar-refractivity contribution is -0.132. The van der Waals surface area contributed by atoms with Crippen molar-refractivity contribution in [3.05, 3.63) is 95.6 Å². The molecule has 164 valence electrons. The fraction of sp³-hybridized carbons (Fsp3) is 0.115. The smallest absolute Gasteiger partial charge is 0.302 e. The Kier molecular flexibility index (Phi) is 5.14. The Morgan fingerprint density at radius 3 is 2.39 bits per heavy atom. The number of H-pyrrole nitrogens is 1. The molecule has 1 atom stereocenters. The number of nitrogens with zero attached hydrogens (tertiary/aromatic N) is 2. The summed E-state index contributed by atoms with van der Waals surface area (Å²) < 4.78 is 5.46. The molecule has 0 spiro atoms. The topological polar surface area (TPSA) is 95.5 Å². The summed E-state index contributed by atoms with van der Waals surface area (Å²) in [6.07, 6.45) is 0. The van der Waals surface area contributed by atoms with Gasteiger partial charge in [-0.3, -0.25) is 14.5 Å². The highest BCUT2D eigenvalue weighted by atomic mass is 16.5. The average molecular weight is 439 g/mol. The van der Waals surface area contributed by atoms with Gasteiger partial charge < -0.3 is 14.8 Å². The van der Waals surface area contributed by atoms with E-state index in [0.717, 1.165) is 5.52 Å². The Hall–Kier alpha value is -4.39. The van der Waals surface area contributed by atoms with Crippen LogP contribution in [0.1, 0.15) is 24.1 Å². The van der Waals surface area contributed by atoms with Crippen molar-refractivity contribution in [2.75, 3.05) is 11.5 Å². The number of hydrogen-bond acceptors (Lipinski definition) is 5. The molecule has 0 bridgehead atoms. The van der Waals surface area contributed by atoms with Crippen LogP contribution in [-0.4, -0.2) is 33.4 Å². The van der Waals surface area contributed by atoms with E-state index in [-0.39, 0.29) is 17.3 Å². The number of aliphatic hydroxyl groups excluding tert-OH is 1. The number of ketones is 1. The third-order valence-corrected chi connectivity index (χ3v) is 5.60. The normalized spacial score (nSPS) is 17.6. The quantitative estimate of drug-likeness (QED) is 0.269. The number of aliphatic hydroxyl groups is 1. The van der Waals surface area contributed by atoms with E-state index in [4.69, 9.17) is 4.74 Å². The van der Waals surface area contributed by atoms with Crippen molar-refractivity contribution in [3.63, 3.8) is 0 Å². The number of ether oxygens (including phenoxy) is 1. The number of imidazole rings is 1. The Morgan fingerprint density at radius 1 is 1.00 bits per heavy atom. The van der Waals surface area contributed by atoms with Gasteiger partial charge in [-0.2, -0.15) is 0 Å². The number of carbonyl (C=O) groups excluding carboxylic acids is 2. The number of rotatable bonds is 5. The van der Waals surface area contributed by atoms with Crippen LogP contribution in [0.15, 0.2) is 84.4 Å². The summed E-state index contributed by atoms with van der Waals surface area (Å²) in [5.74, 6) is -0.871. The van der Waals surface area contributed by atoms with Crippen molar-refractivity contribution in [1.29, 1.82) is 0 Å². The summed E-state index contributed by atoms with van der Waals surface area (Å²) in [4.78, 5) is 35.4. The van der Waals surface area contributed by atoms with Crippen molar-refractivity contribution in [3.8, 4) is 5.75 Å². The third kappa shape index (κ3) is 3.53.